The van der Waals surface area contributed by atoms with Gasteiger partial charge in [0.2, 0.25) is 0 Å². The van der Waals surface area contributed by atoms with Gasteiger partial charge in [0.05, 0.1) is 0 Å². The molecular weight excluding hydrogens is 344 g/mol. The van der Waals surface area contributed by atoms with Crippen LogP contribution < -0.4 is 0 Å². The molecule has 0 saturated heterocycles. The molecule has 0 aliphatic carbocycles. The molecule has 0 saturated carbocycles. The molecule has 0 aliphatic heterocycles. The summed E-state index contributed by atoms with van der Waals surface area (Å²) in [5.41, 5.74) is 0. The Morgan fingerprint density at radius 1 is 0.720 bits per heavy atom. The summed E-state index contributed by atoms with van der Waals surface area (Å²) in [6, 6.07) is 0. The summed E-state index contributed by atoms with van der Waals surface area (Å²) in [4.78, 5) is 0. The lowest BCUT2D eigenvalue weighted by Gasteiger charge is -2.30. The number of hydrogen-bond acceptors (Lipinski definition) is 5. The predicted molar refractivity (Wildman–Crippen MR) is 99.7 cm³/mol. The van der Waals surface area contributed by atoms with Gasteiger partial charge in [-0.2, -0.15) is 12.6 Å². The summed E-state index contributed by atoms with van der Waals surface area (Å²) in [6.07, 6.45) is 13.4. The van der Waals surface area contributed by atoms with Gasteiger partial charge in [0.1, 0.15) is 0 Å². The maximum absolute atomic E-state index is 11.1. The monoisotopic (exact) mass is 382 g/mol. The maximum Gasteiger partial charge on any atom is 0.401 e. The van der Waals surface area contributed by atoms with Crippen molar-refractivity contribution in [3.05, 3.63) is 0 Å². The van der Waals surface area contributed by atoms with Gasteiger partial charge in [-0.05, 0) is 20.3 Å². The second-order valence-corrected chi connectivity index (χ2v) is 7.37. The van der Waals surface area contributed by atoms with E-state index >= 15 is 0 Å². The van der Waals surface area contributed by atoms with Crippen molar-refractivity contribution in [1.29, 1.82) is 0 Å². The van der Waals surface area contributed by atoms with Crippen LogP contribution in [0.2, 0.25) is 0 Å². The van der Waals surface area contributed by atoms with Gasteiger partial charge in [-0.25, -0.2) is 0 Å². The van der Waals surface area contributed by atoms with Crippen LogP contribution in [0, 0.1) is 0 Å². The molecule has 0 fully saturated rings. The Bertz CT molecular complexity index is 390. The lowest BCUT2D eigenvalue weighted by Crippen LogP contribution is -2.41. The molecule has 0 atom stereocenters. The lowest BCUT2D eigenvalue weighted by molar-refractivity contribution is -0.344. The predicted octanol–water partition coefficient (Wildman–Crippen LogP) is 5.23. The highest BCUT2D eigenvalue weighted by molar-refractivity contribution is 7.80. The first kappa shape index (κ1) is 24.8. The van der Waals surface area contributed by atoms with E-state index in [-0.39, 0.29) is 19.6 Å². The molecule has 0 aromatic heterocycles. The smallest absolute Gasteiger partial charge is 0.327 e. The fraction of sp³-hybridized carbons (Fsp3) is 1.00. The van der Waals surface area contributed by atoms with E-state index in [2.05, 4.69) is 11.1 Å². The fourth-order valence-electron chi connectivity index (χ4n) is 2.88. The summed E-state index contributed by atoms with van der Waals surface area (Å²) >= 11 is 0. The zero-order valence-electron chi connectivity index (χ0n) is 16.3. The fourth-order valence-corrected chi connectivity index (χ4v) is 3.38. The average Bonchev–Trinajstić information content (AvgIpc) is 2.51. The summed E-state index contributed by atoms with van der Waals surface area (Å²) in [6.45, 7) is 6.14. The van der Waals surface area contributed by atoms with Crippen molar-refractivity contribution in [2.75, 3.05) is 13.2 Å². The zero-order chi connectivity index (χ0) is 19.0. The van der Waals surface area contributed by atoms with Gasteiger partial charge in [-0.3, -0.25) is 4.55 Å². The Morgan fingerprint density at radius 2 is 1.12 bits per heavy atom. The van der Waals surface area contributed by atoms with E-state index in [1.807, 2.05) is 0 Å². The Labute approximate surface area is 154 Å². The third-order valence-electron chi connectivity index (χ3n) is 4.05. The first-order chi connectivity index (χ1) is 11.9. The molecule has 0 rings (SSSR count). The molecule has 0 unspecified atom stereocenters. The topological polar surface area (TPSA) is 82.1 Å². The normalized spacial score (nSPS) is 12.6. The summed E-state index contributed by atoms with van der Waals surface area (Å²) < 4.78 is 46.5. The highest BCUT2D eigenvalue weighted by Crippen LogP contribution is 2.26. The average molecular weight is 383 g/mol. The molecule has 0 aromatic rings. The van der Waals surface area contributed by atoms with Gasteiger partial charge in [0.25, 0.3) is 0 Å². The summed E-state index contributed by atoms with van der Waals surface area (Å²) in [5, 5.41) is 0. The zero-order valence-corrected chi connectivity index (χ0v) is 17.1. The second kappa shape index (κ2) is 14.9. The minimum Gasteiger partial charge on any atom is -0.327 e. The van der Waals surface area contributed by atoms with Gasteiger partial charge < -0.3 is 9.47 Å². The molecule has 152 valence electrons. The Kier molecular flexibility index (Phi) is 14.8. The highest BCUT2D eigenvalue weighted by atomic mass is 32.3. The van der Waals surface area contributed by atoms with Gasteiger partial charge in [0.15, 0.2) is 0 Å². The van der Waals surface area contributed by atoms with Gasteiger partial charge in [0, 0.05) is 19.6 Å². The molecule has 0 aliphatic rings. The molecule has 6 nitrogen and oxygen atoms in total. The molecule has 0 radical (unpaired) electrons. The van der Waals surface area contributed by atoms with E-state index in [1.54, 1.807) is 13.8 Å². The SMILES string of the molecule is CCCCCCCCCCCCCC(OCC)(OCC)OS(=O)(=O)O. The second-order valence-electron chi connectivity index (χ2n) is 6.35. The van der Waals surface area contributed by atoms with Crippen LogP contribution in [0.25, 0.3) is 0 Å². The van der Waals surface area contributed by atoms with Crippen LogP contribution in [0.4, 0.5) is 0 Å². The van der Waals surface area contributed by atoms with E-state index in [1.165, 1.54) is 51.4 Å². The van der Waals surface area contributed by atoms with Crippen LogP contribution in [-0.2, 0) is 24.1 Å². The van der Waals surface area contributed by atoms with Crippen LogP contribution in [0.15, 0.2) is 0 Å². The van der Waals surface area contributed by atoms with Crippen molar-refractivity contribution in [3.8, 4) is 0 Å². The molecule has 0 heterocycles. The van der Waals surface area contributed by atoms with E-state index in [0.29, 0.717) is 6.42 Å². The third kappa shape index (κ3) is 14.6. The minimum atomic E-state index is -4.64. The number of unbranched alkanes of at least 4 members (excludes halogenated alkanes) is 10. The Balaban J connectivity index is 3.98. The molecule has 1 N–H and O–H groups in total. The van der Waals surface area contributed by atoms with Crippen LogP contribution in [0.3, 0.4) is 0 Å². The van der Waals surface area contributed by atoms with Crippen molar-refractivity contribution in [2.45, 2.75) is 104 Å². The van der Waals surface area contributed by atoms with Crippen LogP contribution in [-0.4, -0.2) is 32.2 Å². The Morgan fingerprint density at radius 3 is 1.48 bits per heavy atom. The molecule has 0 aromatic carbocycles. The first-order valence-electron chi connectivity index (χ1n) is 9.85. The number of rotatable bonds is 18. The van der Waals surface area contributed by atoms with E-state index in [0.717, 1.165) is 12.8 Å². The highest BCUT2D eigenvalue weighted by Gasteiger charge is 2.37. The van der Waals surface area contributed by atoms with Crippen LogP contribution in [0.5, 0.6) is 0 Å². The van der Waals surface area contributed by atoms with Crippen molar-refractivity contribution in [2.24, 2.45) is 0 Å². The van der Waals surface area contributed by atoms with Crippen LogP contribution >= 0.6 is 0 Å². The van der Waals surface area contributed by atoms with Gasteiger partial charge >= 0.3 is 16.4 Å². The molecule has 7 heteroatoms. The van der Waals surface area contributed by atoms with E-state index in [9.17, 15) is 8.42 Å². The number of hydrogen-bond donors (Lipinski definition) is 1. The molecule has 0 bridgehead atoms. The minimum absolute atomic E-state index is 0.230. The third-order valence-corrected chi connectivity index (χ3v) is 4.51. The summed E-state index contributed by atoms with van der Waals surface area (Å²) in [7, 11) is -4.64. The largest absolute Gasteiger partial charge is 0.401 e. The molecule has 0 spiro atoms. The van der Waals surface area contributed by atoms with Crippen LogP contribution in [0.1, 0.15) is 97.8 Å². The summed E-state index contributed by atoms with van der Waals surface area (Å²) in [5.74, 6) is -1.71. The first-order valence-corrected chi connectivity index (χ1v) is 11.2. The quantitative estimate of drug-likeness (QED) is 0.198. The maximum atomic E-state index is 11.1. The molecule has 25 heavy (non-hydrogen) atoms. The standard InChI is InChI=1S/C18H38O6S/c1-4-7-8-9-10-11-12-13-14-15-16-17-18(22-5-2,23-6-3)24-25(19,20)21/h4-17H2,1-3H3,(H,19,20,21). The van der Waals surface area contributed by atoms with E-state index in [4.69, 9.17) is 14.0 Å². The van der Waals surface area contributed by atoms with Crippen molar-refractivity contribution < 1.29 is 26.6 Å². The van der Waals surface area contributed by atoms with E-state index < -0.39 is 16.4 Å². The number of ether oxygens (including phenoxy) is 2. The van der Waals surface area contributed by atoms with Crippen molar-refractivity contribution >= 4 is 10.4 Å². The Hall–Kier alpha value is -0.210. The van der Waals surface area contributed by atoms with Crippen molar-refractivity contribution in [1.82, 2.24) is 0 Å². The van der Waals surface area contributed by atoms with Crippen molar-refractivity contribution in [3.63, 3.8) is 0 Å². The lowest BCUT2D eigenvalue weighted by atomic mass is 10.0. The van der Waals surface area contributed by atoms with Gasteiger partial charge in [-0.1, -0.05) is 71.1 Å². The molecule has 0 amide bonds. The molecular formula is C18H38O6S. The van der Waals surface area contributed by atoms with Gasteiger partial charge in [-0.15, -0.1) is 0 Å².